The van der Waals surface area contributed by atoms with E-state index in [0.29, 0.717) is 11.3 Å². The second-order valence-electron chi connectivity index (χ2n) is 3.71. The lowest BCUT2D eigenvalue weighted by Gasteiger charge is -2.05. The Bertz CT molecular complexity index is 630. The fourth-order valence-electron chi connectivity index (χ4n) is 1.61. The van der Waals surface area contributed by atoms with E-state index in [4.69, 9.17) is 9.52 Å². The van der Waals surface area contributed by atoms with Crippen LogP contribution in [0.2, 0.25) is 0 Å². The summed E-state index contributed by atoms with van der Waals surface area (Å²) >= 11 is 0. The monoisotopic (exact) mass is 233 g/mol. The molecule has 0 saturated carbocycles. The van der Waals surface area contributed by atoms with E-state index in [1.165, 1.54) is 6.07 Å². The summed E-state index contributed by atoms with van der Waals surface area (Å²) in [5.74, 6) is -0.948. The molecule has 5 heteroatoms. The van der Waals surface area contributed by atoms with E-state index in [2.05, 4.69) is 5.32 Å². The van der Waals surface area contributed by atoms with E-state index < -0.39 is 11.6 Å². The SMILES string of the molecule is Cc1cc(=O)oc2cc(NCC(=O)O)ccc12. The Balaban J connectivity index is 2.43. The number of nitrogens with one attached hydrogen (secondary N) is 1. The number of aryl methyl sites for hydroxylation is 1. The van der Waals surface area contributed by atoms with Crippen LogP contribution in [0.15, 0.2) is 33.5 Å². The Labute approximate surface area is 96.7 Å². The van der Waals surface area contributed by atoms with Gasteiger partial charge in [-0.1, -0.05) is 0 Å². The maximum Gasteiger partial charge on any atom is 0.336 e. The number of benzene rings is 1. The van der Waals surface area contributed by atoms with Crippen LogP contribution in [0.1, 0.15) is 5.56 Å². The molecule has 0 aliphatic rings. The molecule has 17 heavy (non-hydrogen) atoms. The molecule has 0 aliphatic carbocycles. The lowest BCUT2D eigenvalue weighted by atomic mass is 10.1. The molecule has 2 aromatic rings. The molecular weight excluding hydrogens is 222 g/mol. The minimum Gasteiger partial charge on any atom is -0.480 e. The zero-order chi connectivity index (χ0) is 12.4. The van der Waals surface area contributed by atoms with Crippen molar-refractivity contribution >= 4 is 22.6 Å². The van der Waals surface area contributed by atoms with E-state index in [-0.39, 0.29) is 6.54 Å². The molecular formula is C12H11NO4. The highest BCUT2D eigenvalue weighted by atomic mass is 16.4. The van der Waals surface area contributed by atoms with E-state index >= 15 is 0 Å². The van der Waals surface area contributed by atoms with Gasteiger partial charge in [0.2, 0.25) is 0 Å². The molecule has 1 aromatic carbocycles. The van der Waals surface area contributed by atoms with E-state index in [9.17, 15) is 9.59 Å². The summed E-state index contributed by atoms with van der Waals surface area (Å²) in [4.78, 5) is 21.6. The van der Waals surface area contributed by atoms with Crippen LogP contribution >= 0.6 is 0 Å². The number of aliphatic carboxylic acids is 1. The first-order valence-corrected chi connectivity index (χ1v) is 5.06. The molecule has 2 N–H and O–H groups in total. The van der Waals surface area contributed by atoms with Crippen LogP contribution in [0.4, 0.5) is 5.69 Å². The van der Waals surface area contributed by atoms with Gasteiger partial charge in [0.05, 0.1) is 0 Å². The highest BCUT2D eigenvalue weighted by Gasteiger charge is 2.04. The Morgan fingerprint density at radius 1 is 1.41 bits per heavy atom. The zero-order valence-electron chi connectivity index (χ0n) is 9.19. The molecule has 0 bridgehead atoms. The average molecular weight is 233 g/mol. The Morgan fingerprint density at radius 2 is 2.18 bits per heavy atom. The number of hydrogen-bond donors (Lipinski definition) is 2. The number of carboxylic acid groups (broad SMARTS) is 1. The van der Waals surface area contributed by atoms with Gasteiger partial charge in [-0.05, 0) is 24.6 Å². The van der Waals surface area contributed by atoms with Gasteiger partial charge in [-0.2, -0.15) is 0 Å². The molecule has 2 rings (SSSR count). The van der Waals surface area contributed by atoms with E-state index in [1.54, 1.807) is 18.2 Å². The second-order valence-corrected chi connectivity index (χ2v) is 3.71. The minimum atomic E-state index is -0.948. The van der Waals surface area contributed by atoms with Gasteiger partial charge in [0.1, 0.15) is 12.1 Å². The van der Waals surface area contributed by atoms with Crippen LogP contribution in [0.25, 0.3) is 11.0 Å². The van der Waals surface area contributed by atoms with Crippen molar-refractivity contribution < 1.29 is 14.3 Å². The first kappa shape index (κ1) is 11.2. The first-order chi connectivity index (χ1) is 8.06. The van der Waals surface area contributed by atoms with Gasteiger partial charge in [-0.3, -0.25) is 4.79 Å². The van der Waals surface area contributed by atoms with Gasteiger partial charge in [0.25, 0.3) is 0 Å². The summed E-state index contributed by atoms with van der Waals surface area (Å²) < 4.78 is 5.05. The van der Waals surface area contributed by atoms with Gasteiger partial charge in [0.15, 0.2) is 0 Å². The summed E-state index contributed by atoms with van der Waals surface area (Å²) in [6, 6.07) is 6.58. The molecule has 1 heterocycles. The topological polar surface area (TPSA) is 79.5 Å². The van der Waals surface area contributed by atoms with Crippen LogP contribution < -0.4 is 10.9 Å². The number of carboxylic acids is 1. The van der Waals surface area contributed by atoms with Crippen molar-refractivity contribution in [2.45, 2.75) is 6.92 Å². The summed E-state index contributed by atoms with van der Waals surface area (Å²) in [7, 11) is 0. The highest BCUT2D eigenvalue weighted by molar-refractivity contribution is 5.84. The van der Waals surface area contributed by atoms with Crippen molar-refractivity contribution in [2.24, 2.45) is 0 Å². The third-order valence-corrected chi connectivity index (χ3v) is 2.40. The quantitative estimate of drug-likeness (QED) is 0.787. The predicted octanol–water partition coefficient (Wildman–Crippen LogP) is 1.60. The summed E-state index contributed by atoms with van der Waals surface area (Å²) in [6.07, 6.45) is 0. The summed E-state index contributed by atoms with van der Waals surface area (Å²) in [5, 5.41) is 12.1. The molecule has 0 spiro atoms. The molecule has 5 nitrogen and oxygen atoms in total. The first-order valence-electron chi connectivity index (χ1n) is 5.06. The molecule has 0 atom stereocenters. The minimum absolute atomic E-state index is 0.179. The second kappa shape index (κ2) is 4.29. The molecule has 0 unspecified atom stereocenters. The molecule has 1 aromatic heterocycles. The average Bonchev–Trinajstić information content (AvgIpc) is 2.25. The fraction of sp³-hybridized carbons (Fsp3) is 0.167. The molecule has 0 fully saturated rings. The van der Waals surface area contributed by atoms with Crippen molar-refractivity contribution in [3.05, 3.63) is 40.2 Å². The third-order valence-electron chi connectivity index (χ3n) is 2.40. The smallest absolute Gasteiger partial charge is 0.336 e. The van der Waals surface area contributed by atoms with Crippen molar-refractivity contribution in [1.82, 2.24) is 0 Å². The Morgan fingerprint density at radius 3 is 2.88 bits per heavy atom. The third kappa shape index (κ3) is 2.44. The maximum atomic E-state index is 11.2. The van der Waals surface area contributed by atoms with E-state index in [0.717, 1.165) is 10.9 Å². The maximum absolute atomic E-state index is 11.2. The highest BCUT2D eigenvalue weighted by Crippen LogP contribution is 2.20. The molecule has 0 radical (unpaired) electrons. The predicted molar refractivity (Wildman–Crippen MR) is 63.3 cm³/mol. The van der Waals surface area contributed by atoms with Gasteiger partial charge >= 0.3 is 11.6 Å². The van der Waals surface area contributed by atoms with Crippen LogP contribution in [0.3, 0.4) is 0 Å². The van der Waals surface area contributed by atoms with Crippen molar-refractivity contribution in [3.63, 3.8) is 0 Å². The lowest BCUT2D eigenvalue weighted by molar-refractivity contribution is -0.134. The number of fused-ring (bicyclic) bond motifs is 1. The van der Waals surface area contributed by atoms with Gasteiger partial charge < -0.3 is 14.8 Å². The Kier molecular flexibility index (Phi) is 2.82. The molecule has 88 valence electrons. The van der Waals surface area contributed by atoms with Gasteiger partial charge in [-0.15, -0.1) is 0 Å². The zero-order valence-corrected chi connectivity index (χ0v) is 9.19. The number of anilines is 1. The summed E-state index contributed by atoms with van der Waals surface area (Å²) in [5.41, 5.74) is 1.48. The van der Waals surface area contributed by atoms with Crippen LogP contribution in [0, 0.1) is 6.92 Å². The van der Waals surface area contributed by atoms with Gasteiger partial charge in [0, 0.05) is 23.2 Å². The largest absolute Gasteiger partial charge is 0.480 e. The van der Waals surface area contributed by atoms with Crippen LogP contribution in [-0.4, -0.2) is 17.6 Å². The van der Waals surface area contributed by atoms with Crippen molar-refractivity contribution in [1.29, 1.82) is 0 Å². The van der Waals surface area contributed by atoms with Crippen LogP contribution in [0.5, 0.6) is 0 Å². The fourth-order valence-corrected chi connectivity index (χ4v) is 1.61. The van der Waals surface area contributed by atoms with E-state index in [1.807, 2.05) is 6.92 Å². The lowest BCUT2D eigenvalue weighted by Crippen LogP contribution is -2.12. The normalized spacial score (nSPS) is 10.4. The summed E-state index contributed by atoms with van der Waals surface area (Å²) in [6.45, 7) is 1.64. The number of carbonyl (C=O) groups is 1. The molecule has 0 amide bonds. The van der Waals surface area contributed by atoms with Crippen molar-refractivity contribution in [3.8, 4) is 0 Å². The number of hydrogen-bond acceptors (Lipinski definition) is 4. The van der Waals surface area contributed by atoms with Crippen LogP contribution in [-0.2, 0) is 4.79 Å². The molecule has 0 saturated heterocycles. The molecule has 0 aliphatic heterocycles. The van der Waals surface area contributed by atoms with Crippen molar-refractivity contribution in [2.75, 3.05) is 11.9 Å². The standard InChI is InChI=1S/C12H11NO4/c1-7-4-12(16)17-10-5-8(2-3-9(7)10)13-6-11(14)15/h2-5,13H,6H2,1H3,(H,14,15). The Hall–Kier alpha value is -2.30. The van der Waals surface area contributed by atoms with Gasteiger partial charge in [-0.25, -0.2) is 4.79 Å². The number of rotatable bonds is 3.